The first kappa shape index (κ1) is 9.42. The first-order chi connectivity index (χ1) is 5.68. The van der Waals surface area contributed by atoms with Crippen LogP contribution in [0.4, 0.5) is 0 Å². The van der Waals surface area contributed by atoms with Crippen LogP contribution in [-0.2, 0) is 6.54 Å². The summed E-state index contributed by atoms with van der Waals surface area (Å²) in [7, 11) is 0. The molecule has 0 unspecified atom stereocenters. The van der Waals surface area contributed by atoms with E-state index in [0.717, 1.165) is 29.4 Å². The standard InChI is InChI=1S/C9H14N2S/c1-7(2)4-10-5-9-11-8(3)6-12-9/h6,10H,1,4-5H2,2-3H3. The second kappa shape index (κ2) is 4.38. The first-order valence-corrected chi connectivity index (χ1v) is 4.82. The third-order valence-electron chi connectivity index (χ3n) is 1.37. The van der Waals surface area contributed by atoms with Gasteiger partial charge in [-0.15, -0.1) is 11.3 Å². The summed E-state index contributed by atoms with van der Waals surface area (Å²) >= 11 is 1.70. The Balaban J connectivity index is 2.29. The van der Waals surface area contributed by atoms with E-state index in [1.807, 2.05) is 13.8 Å². The van der Waals surface area contributed by atoms with E-state index in [2.05, 4.69) is 22.3 Å². The molecule has 12 heavy (non-hydrogen) atoms. The predicted octanol–water partition coefficient (Wildman–Crippen LogP) is 2.12. The van der Waals surface area contributed by atoms with Gasteiger partial charge in [0.2, 0.25) is 0 Å². The minimum atomic E-state index is 0.853. The fourth-order valence-corrected chi connectivity index (χ4v) is 1.61. The highest BCUT2D eigenvalue weighted by Crippen LogP contribution is 2.07. The number of nitrogens with zero attached hydrogens (tertiary/aromatic N) is 1. The Bertz CT molecular complexity index is 265. The monoisotopic (exact) mass is 182 g/mol. The van der Waals surface area contributed by atoms with E-state index >= 15 is 0 Å². The summed E-state index contributed by atoms with van der Waals surface area (Å²) in [5.74, 6) is 0. The highest BCUT2D eigenvalue weighted by Gasteiger charge is 1.96. The van der Waals surface area contributed by atoms with Crippen LogP contribution in [0.15, 0.2) is 17.5 Å². The van der Waals surface area contributed by atoms with Gasteiger partial charge in [0.1, 0.15) is 5.01 Å². The number of rotatable bonds is 4. The van der Waals surface area contributed by atoms with Gasteiger partial charge in [0.05, 0.1) is 0 Å². The summed E-state index contributed by atoms with van der Waals surface area (Å²) in [6.45, 7) is 9.56. The zero-order valence-electron chi connectivity index (χ0n) is 7.55. The minimum absolute atomic E-state index is 0.853. The van der Waals surface area contributed by atoms with Gasteiger partial charge in [-0.2, -0.15) is 0 Å². The van der Waals surface area contributed by atoms with E-state index in [9.17, 15) is 0 Å². The largest absolute Gasteiger partial charge is 0.307 e. The Hall–Kier alpha value is -0.670. The Kier molecular flexibility index (Phi) is 3.44. The van der Waals surface area contributed by atoms with E-state index in [1.165, 1.54) is 0 Å². The number of hydrogen-bond donors (Lipinski definition) is 1. The predicted molar refractivity (Wildman–Crippen MR) is 53.4 cm³/mol. The summed E-state index contributed by atoms with van der Waals surface area (Å²) in [5.41, 5.74) is 2.26. The van der Waals surface area contributed by atoms with Crippen LogP contribution in [0.25, 0.3) is 0 Å². The summed E-state index contributed by atoms with van der Waals surface area (Å²) in [6, 6.07) is 0. The molecule has 0 fully saturated rings. The van der Waals surface area contributed by atoms with Crippen LogP contribution in [0.1, 0.15) is 17.6 Å². The fourth-order valence-electron chi connectivity index (χ4n) is 0.867. The van der Waals surface area contributed by atoms with Crippen molar-refractivity contribution in [3.63, 3.8) is 0 Å². The topological polar surface area (TPSA) is 24.9 Å². The van der Waals surface area contributed by atoms with Crippen molar-refractivity contribution in [2.45, 2.75) is 20.4 Å². The molecule has 0 bridgehead atoms. The molecular formula is C9H14N2S. The molecule has 0 radical (unpaired) electrons. The molecule has 0 aliphatic heterocycles. The van der Waals surface area contributed by atoms with Gasteiger partial charge in [0, 0.05) is 24.2 Å². The van der Waals surface area contributed by atoms with Crippen molar-refractivity contribution in [1.29, 1.82) is 0 Å². The molecule has 1 aromatic rings. The van der Waals surface area contributed by atoms with E-state index in [4.69, 9.17) is 0 Å². The zero-order chi connectivity index (χ0) is 8.97. The lowest BCUT2D eigenvalue weighted by Crippen LogP contribution is -2.14. The van der Waals surface area contributed by atoms with Crippen LogP contribution in [0.3, 0.4) is 0 Å². The summed E-state index contributed by atoms with van der Waals surface area (Å²) in [5, 5.41) is 6.48. The molecular weight excluding hydrogens is 168 g/mol. The van der Waals surface area contributed by atoms with Crippen LogP contribution >= 0.6 is 11.3 Å². The van der Waals surface area contributed by atoms with Crippen molar-refractivity contribution in [1.82, 2.24) is 10.3 Å². The Labute approximate surface area is 77.3 Å². The normalized spacial score (nSPS) is 10.2. The van der Waals surface area contributed by atoms with Crippen LogP contribution < -0.4 is 5.32 Å². The number of aromatic nitrogens is 1. The molecule has 3 heteroatoms. The maximum absolute atomic E-state index is 4.33. The van der Waals surface area contributed by atoms with Crippen LogP contribution in [-0.4, -0.2) is 11.5 Å². The Morgan fingerprint density at radius 2 is 2.50 bits per heavy atom. The molecule has 2 nitrogen and oxygen atoms in total. The number of hydrogen-bond acceptors (Lipinski definition) is 3. The maximum atomic E-state index is 4.33. The second-order valence-corrected chi connectivity index (χ2v) is 3.89. The van der Waals surface area contributed by atoms with E-state index in [0.29, 0.717) is 0 Å². The van der Waals surface area contributed by atoms with Gasteiger partial charge in [0.25, 0.3) is 0 Å². The molecule has 0 amide bonds. The van der Waals surface area contributed by atoms with Gasteiger partial charge in [-0.05, 0) is 13.8 Å². The van der Waals surface area contributed by atoms with Gasteiger partial charge >= 0.3 is 0 Å². The average molecular weight is 182 g/mol. The van der Waals surface area contributed by atoms with Crippen LogP contribution in [0.5, 0.6) is 0 Å². The highest BCUT2D eigenvalue weighted by atomic mass is 32.1. The number of nitrogens with one attached hydrogen (secondary N) is 1. The lowest BCUT2D eigenvalue weighted by atomic mass is 10.3. The van der Waals surface area contributed by atoms with E-state index < -0.39 is 0 Å². The van der Waals surface area contributed by atoms with Gasteiger partial charge in [-0.3, -0.25) is 0 Å². The van der Waals surface area contributed by atoms with Gasteiger partial charge in [-0.1, -0.05) is 12.2 Å². The quantitative estimate of drug-likeness (QED) is 0.721. The summed E-state index contributed by atoms with van der Waals surface area (Å²) in [6.07, 6.45) is 0. The zero-order valence-corrected chi connectivity index (χ0v) is 8.37. The average Bonchev–Trinajstić information content (AvgIpc) is 2.35. The molecule has 1 N–H and O–H groups in total. The third-order valence-corrected chi connectivity index (χ3v) is 2.34. The van der Waals surface area contributed by atoms with Gasteiger partial charge in [0.15, 0.2) is 0 Å². The Morgan fingerprint density at radius 3 is 3.00 bits per heavy atom. The van der Waals surface area contributed by atoms with Crippen molar-refractivity contribution >= 4 is 11.3 Å². The summed E-state index contributed by atoms with van der Waals surface area (Å²) < 4.78 is 0. The van der Waals surface area contributed by atoms with Crippen LogP contribution in [0, 0.1) is 6.92 Å². The summed E-state index contributed by atoms with van der Waals surface area (Å²) in [4.78, 5) is 4.33. The van der Waals surface area contributed by atoms with Crippen molar-refractivity contribution in [3.05, 3.63) is 28.2 Å². The maximum Gasteiger partial charge on any atom is 0.107 e. The minimum Gasteiger partial charge on any atom is -0.307 e. The SMILES string of the molecule is C=C(C)CNCc1nc(C)cs1. The lowest BCUT2D eigenvalue weighted by Gasteiger charge is -1.99. The van der Waals surface area contributed by atoms with Crippen molar-refractivity contribution < 1.29 is 0 Å². The molecule has 66 valence electrons. The van der Waals surface area contributed by atoms with E-state index in [1.54, 1.807) is 11.3 Å². The molecule has 0 atom stereocenters. The molecule has 0 aliphatic rings. The molecule has 0 aromatic carbocycles. The third kappa shape index (κ3) is 3.15. The molecule has 0 aliphatic carbocycles. The van der Waals surface area contributed by atoms with E-state index in [-0.39, 0.29) is 0 Å². The number of thiazole rings is 1. The van der Waals surface area contributed by atoms with Crippen molar-refractivity contribution in [2.24, 2.45) is 0 Å². The molecule has 1 rings (SSSR count). The lowest BCUT2D eigenvalue weighted by molar-refractivity contribution is 0.735. The molecule has 0 saturated carbocycles. The van der Waals surface area contributed by atoms with Crippen molar-refractivity contribution in [3.8, 4) is 0 Å². The Morgan fingerprint density at radius 1 is 1.75 bits per heavy atom. The number of aryl methyl sites for hydroxylation is 1. The molecule has 0 saturated heterocycles. The van der Waals surface area contributed by atoms with Gasteiger partial charge < -0.3 is 5.32 Å². The van der Waals surface area contributed by atoms with Crippen LogP contribution in [0.2, 0.25) is 0 Å². The first-order valence-electron chi connectivity index (χ1n) is 3.94. The fraction of sp³-hybridized carbons (Fsp3) is 0.444. The molecule has 0 spiro atoms. The van der Waals surface area contributed by atoms with Crippen molar-refractivity contribution in [2.75, 3.05) is 6.54 Å². The molecule has 1 heterocycles. The second-order valence-electron chi connectivity index (χ2n) is 2.94. The highest BCUT2D eigenvalue weighted by molar-refractivity contribution is 7.09. The van der Waals surface area contributed by atoms with Gasteiger partial charge in [-0.25, -0.2) is 4.98 Å². The molecule has 1 aromatic heterocycles. The smallest absolute Gasteiger partial charge is 0.107 e.